The number of nitrogens with zero attached hydrogens (tertiary/aromatic N) is 2. The van der Waals surface area contributed by atoms with Gasteiger partial charge in [0.1, 0.15) is 12.4 Å². The molecule has 0 saturated carbocycles. The lowest BCUT2D eigenvalue weighted by atomic mass is 10.1. The first-order chi connectivity index (χ1) is 13.9. The summed E-state index contributed by atoms with van der Waals surface area (Å²) in [6.07, 6.45) is -5.81. The number of hydrogen-bond donors (Lipinski definition) is 1. The molecular weight excluding hydrogens is 487 g/mol. The third kappa shape index (κ3) is 5.21. The molecule has 0 atom stereocenters. The van der Waals surface area contributed by atoms with E-state index < -0.39 is 18.1 Å². The van der Waals surface area contributed by atoms with Crippen molar-refractivity contribution in [1.29, 1.82) is 5.26 Å². The predicted octanol–water partition coefficient (Wildman–Crippen LogP) is 5.61. The minimum atomic E-state index is -6.45. The Morgan fingerprint density at radius 1 is 1.07 bits per heavy atom. The van der Waals surface area contributed by atoms with Gasteiger partial charge >= 0.3 is 18.1 Å². The second kappa shape index (κ2) is 8.91. The Morgan fingerprint density at radius 2 is 1.73 bits per heavy atom. The Kier molecular flexibility index (Phi) is 6.97. The highest BCUT2D eigenvalue weighted by molar-refractivity contribution is 9.10. The first kappa shape index (κ1) is 23.5. The molecule has 0 aliphatic rings. The van der Waals surface area contributed by atoms with Gasteiger partial charge in [-0.2, -0.15) is 41.1 Å². The van der Waals surface area contributed by atoms with E-state index in [0.29, 0.717) is 33.0 Å². The molecule has 1 N–H and O–H groups in total. The molecule has 0 unspecified atom stereocenters. The number of benzene rings is 2. The van der Waals surface area contributed by atoms with Crippen molar-refractivity contribution in [3.8, 4) is 11.8 Å². The molecule has 0 aromatic heterocycles. The van der Waals surface area contributed by atoms with Crippen molar-refractivity contribution in [1.82, 2.24) is 5.43 Å². The minimum absolute atomic E-state index is 0.0517. The second-order valence-electron chi connectivity index (χ2n) is 5.76. The maximum Gasteiger partial charge on any atom is 0.462 e. The van der Waals surface area contributed by atoms with E-state index in [1.807, 2.05) is 6.07 Å². The molecule has 0 radical (unpaired) electrons. The van der Waals surface area contributed by atoms with Crippen molar-refractivity contribution < 1.29 is 35.5 Å². The number of alkyl halides is 7. The Hall–Kier alpha value is -2.81. The molecule has 12 heteroatoms. The molecule has 0 heterocycles. The van der Waals surface area contributed by atoms with Crippen LogP contribution in [-0.4, -0.2) is 24.4 Å². The largest absolute Gasteiger partial charge is 0.488 e. The Bertz CT molecular complexity index is 971. The average Bonchev–Trinajstić information content (AvgIpc) is 2.66. The lowest BCUT2D eigenvalue weighted by Gasteiger charge is -2.27. The summed E-state index contributed by atoms with van der Waals surface area (Å²) in [6.45, 7) is 0.0517. The zero-order chi connectivity index (χ0) is 22.6. The first-order valence-electron chi connectivity index (χ1n) is 7.92. The van der Waals surface area contributed by atoms with Crippen molar-refractivity contribution in [2.24, 2.45) is 5.10 Å². The third-order valence-corrected chi connectivity index (χ3v) is 4.27. The van der Waals surface area contributed by atoms with E-state index >= 15 is 0 Å². The number of hydrazone groups is 1. The lowest BCUT2D eigenvalue weighted by Crippen LogP contribution is -2.58. The maximum absolute atomic E-state index is 13.1. The number of nitrogens with one attached hydrogen (secondary N) is 1. The van der Waals surface area contributed by atoms with E-state index in [-0.39, 0.29) is 12.2 Å². The van der Waals surface area contributed by atoms with Crippen LogP contribution in [0.4, 0.5) is 30.7 Å². The van der Waals surface area contributed by atoms with Crippen LogP contribution in [0.15, 0.2) is 52.0 Å². The normalized spacial score (nSPS) is 12.6. The molecule has 0 aliphatic carbocycles. The van der Waals surface area contributed by atoms with E-state index in [9.17, 15) is 30.7 Å². The number of ether oxygens (including phenoxy) is 1. The van der Waals surface area contributed by atoms with E-state index in [1.165, 1.54) is 18.2 Å². The second-order valence-corrected chi connectivity index (χ2v) is 6.62. The highest BCUT2D eigenvalue weighted by Gasteiger charge is 2.73. The van der Waals surface area contributed by atoms with Gasteiger partial charge in [-0.3, -0.25) is 0 Å². The zero-order valence-corrected chi connectivity index (χ0v) is 16.2. The summed E-state index contributed by atoms with van der Waals surface area (Å²) in [6, 6.07) is 7.09. The van der Waals surface area contributed by atoms with Gasteiger partial charge in [0.2, 0.25) is 0 Å². The molecule has 0 amide bonds. The van der Waals surface area contributed by atoms with Crippen molar-refractivity contribution >= 4 is 22.1 Å². The molecule has 0 saturated heterocycles. The fourth-order valence-corrected chi connectivity index (χ4v) is 2.57. The van der Waals surface area contributed by atoms with Gasteiger partial charge < -0.3 is 4.74 Å². The van der Waals surface area contributed by atoms with Crippen LogP contribution in [0.3, 0.4) is 0 Å². The Morgan fingerprint density at radius 3 is 2.33 bits per heavy atom. The SMILES string of the molecule is N#Cc1ccccc1COc1ccc(/C=N/NC(F)(F)C(F)(F)C(F)(F)F)cc1Br. The number of hydrogen-bond acceptors (Lipinski definition) is 4. The van der Waals surface area contributed by atoms with Crippen molar-refractivity contribution in [2.75, 3.05) is 0 Å². The number of halogens is 8. The smallest absolute Gasteiger partial charge is 0.462 e. The minimum Gasteiger partial charge on any atom is -0.488 e. The van der Waals surface area contributed by atoms with Crippen LogP contribution in [0.2, 0.25) is 0 Å². The van der Waals surface area contributed by atoms with E-state index in [0.717, 1.165) is 0 Å². The summed E-state index contributed by atoms with van der Waals surface area (Å²) in [7, 11) is 0. The van der Waals surface area contributed by atoms with Gasteiger partial charge in [0.15, 0.2) is 0 Å². The van der Waals surface area contributed by atoms with Crippen LogP contribution in [0, 0.1) is 11.3 Å². The maximum atomic E-state index is 13.1. The highest BCUT2D eigenvalue weighted by atomic mass is 79.9. The average molecular weight is 498 g/mol. The molecule has 0 bridgehead atoms. The molecule has 0 aliphatic heterocycles. The van der Waals surface area contributed by atoms with E-state index in [2.05, 4.69) is 21.0 Å². The van der Waals surface area contributed by atoms with Crippen LogP contribution < -0.4 is 10.2 Å². The van der Waals surface area contributed by atoms with Crippen LogP contribution in [0.1, 0.15) is 16.7 Å². The molecule has 2 rings (SSSR count). The molecule has 4 nitrogen and oxygen atoms in total. The predicted molar refractivity (Wildman–Crippen MR) is 96.3 cm³/mol. The third-order valence-electron chi connectivity index (χ3n) is 3.65. The van der Waals surface area contributed by atoms with Gasteiger partial charge in [0, 0.05) is 5.56 Å². The molecule has 2 aromatic rings. The van der Waals surface area contributed by atoms with E-state index in [1.54, 1.807) is 24.3 Å². The summed E-state index contributed by atoms with van der Waals surface area (Å²) < 4.78 is 93.9. The first-order valence-corrected chi connectivity index (χ1v) is 8.71. The van der Waals surface area contributed by atoms with Crippen LogP contribution in [0.25, 0.3) is 0 Å². The van der Waals surface area contributed by atoms with Gasteiger partial charge in [-0.25, -0.2) is 5.43 Å². The molecule has 0 fully saturated rings. The zero-order valence-electron chi connectivity index (χ0n) is 14.7. The monoisotopic (exact) mass is 497 g/mol. The molecule has 30 heavy (non-hydrogen) atoms. The van der Waals surface area contributed by atoms with Crippen LogP contribution in [0.5, 0.6) is 5.75 Å². The summed E-state index contributed by atoms with van der Waals surface area (Å²) in [5.41, 5.74) is 1.68. The van der Waals surface area contributed by atoms with Crippen LogP contribution in [-0.2, 0) is 6.61 Å². The fraction of sp³-hybridized carbons (Fsp3) is 0.222. The highest BCUT2D eigenvalue weighted by Crippen LogP contribution is 2.45. The molecule has 160 valence electrons. The summed E-state index contributed by atoms with van der Waals surface area (Å²) in [5.74, 6) is -6.00. The van der Waals surface area contributed by atoms with Gasteiger partial charge in [-0.05, 0) is 45.8 Å². The molecular formula is C18H11BrF7N3O. The number of nitriles is 1. The topological polar surface area (TPSA) is 57.4 Å². The summed E-state index contributed by atoms with van der Waals surface area (Å²) >= 11 is 3.16. The van der Waals surface area contributed by atoms with Crippen LogP contribution >= 0.6 is 15.9 Å². The van der Waals surface area contributed by atoms with Gasteiger partial charge in [0.25, 0.3) is 0 Å². The van der Waals surface area contributed by atoms with Gasteiger partial charge in [0.05, 0.1) is 22.3 Å². The lowest BCUT2D eigenvalue weighted by molar-refractivity contribution is -0.361. The summed E-state index contributed by atoms with van der Waals surface area (Å²) in [4.78, 5) is 0. The van der Waals surface area contributed by atoms with Crippen molar-refractivity contribution in [3.05, 3.63) is 63.6 Å². The quantitative estimate of drug-likeness (QED) is 0.234. The molecule has 2 aromatic carbocycles. The van der Waals surface area contributed by atoms with E-state index in [4.69, 9.17) is 10.00 Å². The van der Waals surface area contributed by atoms with Gasteiger partial charge in [-0.15, -0.1) is 0 Å². The van der Waals surface area contributed by atoms with Gasteiger partial charge in [-0.1, -0.05) is 18.2 Å². The molecule has 0 spiro atoms. The fourth-order valence-electron chi connectivity index (χ4n) is 2.06. The number of rotatable bonds is 7. The Labute approximate surface area is 174 Å². The van der Waals surface area contributed by atoms with Crippen molar-refractivity contribution in [2.45, 2.75) is 24.8 Å². The summed E-state index contributed by atoms with van der Waals surface area (Å²) in [5, 5.41) is 11.8. The standard InChI is InChI=1S/C18H11BrF7N3O/c19-14-7-11(9-28-29-18(25,26)16(20,21)17(22,23)24)5-6-15(14)30-10-13-4-2-1-3-12(13)8-27/h1-7,9,29H,10H2/b28-9+. The Balaban J connectivity index is 2.06. The van der Waals surface area contributed by atoms with Crippen molar-refractivity contribution in [3.63, 3.8) is 0 Å².